The molecule has 1 aromatic carbocycles. The Kier molecular flexibility index (Phi) is 5.99. The van der Waals surface area contributed by atoms with Gasteiger partial charge in [-0.1, -0.05) is 12.1 Å². The Hall–Kier alpha value is -2.61. The highest BCUT2D eigenvalue weighted by atomic mass is 16.4. The normalized spacial score (nSPS) is 21.3. The fourth-order valence-electron chi connectivity index (χ4n) is 4.37. The third-order valence-electron chi connectivity index (χ3n) is 6.06. The summed E-state index contributed by atoms with van der Waals surface area (Å²) >= 11 is 0. The van der Waals surface area contributed by atoms with E-state index in [1.807, 2.05) is 24.3 Å². The van der Waals surface area contributed by atoms with E-state index < -0.39 is 0 Å². The Morgan fingerprint density at radius 2 is 1.97 bits per heavy atom. The van der Waals surface area contributed by atoms with Crippen LogP contribution in [0.15, 0.2) is 28.7 Å². The van der Waals surface area contributed by atoms with Crippen LogP contribution in [0.1, 0.15) is 25.7 Å². The Bertz CT molecular complexity index is 826. The molecule has 0 saturated carbocycles. The van der Waals surface area contributed by atoms with Crippen LogP contribution in [0.3, 0.4) is 0 Å². The second kappa shape index (κ2) is 8.82. The number of amides is 2. The van der Waals surface area contributed by atoms with Crippen LogP contribution in [0.25, 0.3) is 11.1 Å². The molecule has 2 fully saturated rings. The number of benzene rings is 1. The quantitative estimate of drug-likeness (QED) is 0.789. The van der Waals surface area contributed by atoms with Gasteiger partial charge in [-0.25, -0.2) is 0 Å². The van der Waals surface area contributed by atoms with Crippen LogP contribution in [0, 0.1) is 5.92 Å². The number of aromatic nitrogens is 1. The summed E-state index contributed by atoms with van der Waals surface area (Å²) in [5, 5.41) is 5.29. The second-order valence-electron chi connectivity index (χ2n) is 7.91. The van der Waals surface area contributed by atoms with Crippen molar-refractivity contribution in [2.24, 2.45) is 5.92 Å². The van der Waals surface area contributed by atoms with E-state index in [2.05, 4.69) is 25.4 Å². The van der Waals surface area contributed by atoms with Gasteiger partial charge in [0.1, 0.15) is 5.52 Å². The third kappa shape index (κ3) is 4.53. The molecule has 2 aliphatic rings. The Balaban J connectivity index is 1.30. The fourth-order valence-corrected chi connectivity index (χ4v) is 4.37. The maximum atomic E-state index is 12.4. The summed E-state index contributed by atoms with van der Waals surface area (Å²) in [6.45, 7) is 3.66. The predicted octanol–water partition coefficient (Wildman–Crippen LogP) is 1.37. The smallest absolute Gasteiger partial charge is 0.298 e. The summed E-state index contributed by atoms with van der Waals surface area (Å²) in [6.07, 6.45) is 3.97. The monoisotopic (exact) mass is 399 g/mol. The van der Waals surface area contributed by atoms with Gasteiger partial charge in [-0.05, 0) is 44.4 Å². The molecule has 156 valence electrons. The minimum absolute atomic E-state index is 0.0118. The summed E-state index contributed by atoms with van der Waals surface area (Å²) < 4.78 is 5.91. The predicted molar refractivity (Wildman–Crippen MR) is 111 cm³/mol. The third-order valence-corrected chi connectivity index (χ3v) is 6.06. The number of carbonyl (C=O) groups is 2. The van der Waals surface area contributed by atoms with Gasteiger partial charge in [0, 0.05) is 32.7 Å². The molecule has 0 bridgehead atoms. The van der Waals surface area contributed by atoms with Crippen molar-refractivity contribution in [1.82, 2.24) is 20.5 Å². The van der Waals surface area contributed by atoms with Crippen molar-refractivity contribution in [3.63, 3.8) is 0 Å². The highest BCUT2D eigenvalue weighted by Crippen LogP contribution is 2.28. The lowest BCUT2D eigenvalue weighted by Gasteiger charge is -2.41. The zero-order chi connectivity index (χ0) is 20.2. The number of nitrogens with one attached hydrogen (secondary N) is 2. The number of oxazole rings is 1. The lowest BCUT2D eigenvalue weighted by atomic mass is 9.93. The number of carbonyl (C=O) groups excluding carboxylic acids is 2. The number of nitrogens with zero attached hydrogens (tertiary/aromatic N) is 3. The van der Waals surface area contributed by atoms with E-state index in [-0.39, 0.29) is 24.3 Å². The molecule has 2 amide bonds. The number of rotatable bonds is 5. The minimum atomic E-state index is -0.169. The van der Waals surface area contributed by atoms with E-state index in [4.69, 9.17) is 4.42 Å². The number of hydrogen-bond donors (Lipinski definition) is 2. The first-order chi connectivity index (χ1) is 14.1. The van der Waals surface area contributed by atoms with E-state index in [0.29, 0.717) is 12.1 Å². The average Bonchev–Trinajstić information content (AvgIpc) is 3.21. The zero-order valence-electron chi connectivity index (χ0n) is 16.9. The van der Waals surface area contributed by atoms with Gasteiger partial charge in [-0.15, -0.1) is 0 Å². The highest BCUT2D eigenvalue weighted by molar-refractivity contribution is 5.85. The number of anilines is 1. The average molecular weight is 399 g/mol. The molecule has 2 aliphatic heterocycles. The van der Waals surface area contributed by atoms with Crippen molar-refractivity contribution >= 4 is 28.9 Å². The SMILES string of the molecule is CNC(=O)CNC(=O)[C@@H]1CCCN(C2CCN(c3nc4ccccc4o3)CC2)C1. The topological polar surface area (TPSA) is 90.7 Å². The standard InChI is InChI=1S/C21H29N5O3/c1-22-19(27)13-23-20(28)15-5-4-10-26(14-15)16-8-11-25(12-9-16)21-24-17-6-2-3-7-18(17)29-21/h2-3,6-7,15-16H,4-5,8-14H2,1H3,(H,22,27)(H,23,28)/t15-/m1/s1. The Labute approximate surface area is 170 Å². The first-order valence-corrected chi connectivity index (χ1v) is 10.5. The molecule has 2 aromatic rings. The molecule has 2 saturated heterocycles. The number of piperidine rings is 2. The number of likely N-dealkylation sites (N-methyl/N-ethyl adjacent to an activating group) is 1. The van der Waals surface area contributed by atoms with Gasteiger partial charge in [0.2, 0.25) is 11.8 Å². The van der Waals surface area contributed by atoms with E-state index in [9.17, 15) is 9.59 Å². The molecule has 2 N–H and O–H groups in total. The van der Waals surface area contributed by atoms with E-state index in [1.165, 1.54) is 0 Å². The van der Waals surface area contributed by atoms with Crippen molar-refractivity contribution < 1.29 is 14.0 Å². The van der Waals surface area contributed by atoms with Gasteiger partial charge >= 0.3 is 0 Å². The molecule has 8 heteroatoms. The fraction of sp³-hybridized carbons (Fsp3) is 0.571. The highest BCUT2D eigenvalue weighted by Gasteiger charge is 2.32. The number of para-hydroxylation sites is 2. The summed E-state index contributed by atoms with van der Waals surface area (Å²) in [4.78, 5) is 33.1. The van der Waals surface area contributed by atoms with Gasteiger partial charge in [0.05, 0.1) is 12.5 Å². The van der Waals surface area contributed by atoms with Crippen molar-refractivity contribution in [1.29, 1.82) is 0 Å². The maximum absolute atomic E-state index is 12.4. The Morgan fingerprint density at radius 3 is 2.72 bits per heavy atom. The largest absolute Gasteiger partial charge is 0.423 e. The molecule has 29 heavy (non-hydrogen) atoms. The molecule has 0 aliphatic carbocycles. The van der Waals surface area contributed by atoms with Crippen LogP contribution >= 0.6 is 0 Å². The molecule has 1 aromatic heterocycles. The molecular formula is C21H29N5O3. The molecule has 8 nitrogen and oxygen atoms in total. The lowest BCUT2D eigenvalue weighted by Crippen LogP contribution is -2.51. The van der Waals surface area contributed by atoms with Crippen molar-refractivity contribution in [3.05, 3.63) is 24.3 Å². The summed E-state index contributed by atoms with van der Waals surface area (Å²) in [6, 6.07) is 9.03. The van der Waals surface area contributed by atoms with Gasteiger partial charge in [-0.3, -0.25) is 14.5 Å². The molecule has 1 atom stereocenters. The van der Waals surface area contributed by atoms with E-state index in [0.717, 1.165) is 63.0 Å². The van der Waals surface area contributed by atoms with Crippen LogP contribution in [0.2, 0.25) is 0 Å². The second-order valence-corrected chi connectivity index (χ2v) is 7.91. The first kappa shape index (κ1) is 19.7. The lowest BCUT2D eigenvalue weighted by molar-refractivity contribution is -0.130. The summed E-state index contributed by atoms with van der Waals surface area (Å²) in [5.41, 5.74) is 1.72. The van der Waals surface area contributed by atoms with Gasteiger partial charge in [-0.2, -0.15) is 4.98 Å². The van der Waals surface area contributed by atoms with Crippen LogP contribution < -0.4 is 15.5 Å². The summed E-state index contributed by atoms with van der Waals surface area (Å²) in [7, 11) is 1.57. The van der Waals surface area contributed by atoms with Crippen LogP contribution in [0.4, 0.5) is 6.01 Å². The number of fused-ring (bicyclic) bond motifs is 1. The maximum Gasteiger partial charge on any atom is 0.298 e. The van der Waals surface area contributed by atoms with Crippen LogP contribution in [-0.4, -0.2) is 67.5 Å². The zero-order valence-corrected chi connectivity index (χ0v) is 16.9. The van der Waals surface area contributed by atoms with Crippen LogP contribution in [0.5, 0.6) is 0 Å². The first-order valence-electron chi connectivity index (χ1n) is 10.5. The molecule has 0 spiro atoms. The number of hydrogen-bond acceptors (Lipinski definition) is 6. The van der Waals surface area contributed by atoms with E-state index >= 15 is 0 Å². The van der Waals surface area contributed by atoms with Gasteiger partial charge in [0.15, 0.2) is 5.58 Å². The van der Waals surface area contributed by atoms with E-state index in [1.54, 1.807) is 7.05 Å². The van der Waals surface area contributed by atoms with Crippen LogP contribution in [-0.2, 0) is 9.59 Å². The number of likely N-dealkylation sites (tertiary alicyclic amines) is 1. The molecular weight excluding hydrogens is 370 g/mol. The summed E-state index contributed by atoms with van der Waals surface area (Å²) in [5.74, 6) is -0.219. The molecule has 4 rings (SSSR count). The van der Waals surface area contributed by atoms with Crippen molar-refractivity contribution in [2.75, 3.05) is 44.7 Å². The minimum Gasteiger partial charge on any atom is -0.423 e. The Morgan fingerprint density at radius 1 is 1.17 bits per heavy atom. The van der Waals surface area contributed by atoms with Gasteiger partial charge in [0.25, 0.3) is 6.01 Å². The molecule has 3 heterocycles. The van der Waals surface area contributed by atoms with Crippen molar-refractivity contribution in [3.8, 4) is 0 Å². The van der Waals surface area contributed by atoms with Gasteiger partial charge < -0.3 is 20.0 Å². The molecule has 0 radical (unpaired) electrons. The van der Waals surface area contributed by atoms with Crippen molar-refractivity contribution in [2.45, 2.75) is 31.7 Å². The molecule has 0 unspecified atom stereocenters.